The van der Waals surface area contributed by atoms with Gasteiger partial charge in [0.05, 0.1) is 0 Å². The van der Waals surface area contributed by atoms with Crippen LogP contribution in [-0.2, 0) is 10.2 Å². The van der Waals surface area contributed by atoms with E-state index in [0.717, 1.165) is 10.1 Å². The quantitative estimate of drug-likeness (QED) is 0.794. The van der Waals surface area contributed by atoms with Gasteiger partial charge in [0.2, 0.25) is 0 Å². The second-order valence-electron chi connectivity index (χ2n) is 3.16. The molecule has 1 aromatic carbocycles. The Bertz CT molecular complexity index is 629. The van der Waals surface area contributed by atoms with Crippen molar-refractivity contribution in [2.24, 2.45) is 0 Å². The van der Waals surface area contributed by atoms with Crippen LogP contribution in [0.5, 0.6) is 0 Å². The van der Waals surface area contributed by atoms with E-state index in [1.807, 2.05) is 24.3 Å². The fourth-order valence-corrected chi connectivity index (χ4v) is 3.22. The molecule has 1 aromatic heterocycles. The molecule has 0 radical (unpaired) electrons. The van der Waals surface area contributed by atoms with Gasteiger partial charge in [0.1, 0.15) is 5.00 Å². The molecule has 0 aliphatic heterocycles. The summed E-state index contributed by atoms with van der Waals surface area (Å²) < 4.78 is 27.0. The van der Waals surface area contributed by atoms with Crippen LogP contribution >= 0.6 is 11.3 Å². The van der Waals surface area contributed by atoms with Crippen LogP contribution in [-0.4, -0.2) is 19.6 Å². The molecule has 0 saturated heterocycles. The number of rotatable bonds is 3. The Kier molecular flexibility index (Phi) is 2.90. The van der Waals surface area contributed by atoms with Crippen molar-refractivity contribution in [1.82, 2.24) is 4.72 Å². The van der Waals surface area contributed by atoms with Crippen molar-refractivity contribution in [3.8, 4) is 0 Å². The zero-order chi connectivity index (χ0) is 12.5. The molecule has 0 saturated carbocycles. The van der Waals surface area contributed by atoms with Crippen molar-refractivity contribution in [3.63, 3.8) is 0 Å². The van der Waals surface area contributed by atoms with Crippen LogP contribution in [0.25, 0.3) is 10.1 Å². The Hall–Kier alpha value is -1.80. The lowest BCUT2D eigenvalue weighted by atomic mass is 10.3. The lowest BCUT2D eigenvalue weighted by Gasteiger charge is -2.03. The molecule has 1 amide bonds. The first-order valence-corrected chi connectivity index (χ1v) is 6.78. The molecule has 0 bridgehead atoms. The molecule has 3 N–H and O–H groups in total. The van der Waals surface area contributed by atoms with Gasteiger partial charge in [-0.1, -0.05) is 18.2 Å². The first kappa shape index (κ1) is 11.7. The summed E-state index contributed by atoms with van der Waals surface area (Å²) in [5.74, 6) is 0. The standard InChI is InChI=1S/C9H8N2O4S2/c12-9(13)11-17(14,15)10-8-5-6-3-1-2-4-7(6)16-8/h1-5,10-11H,(H,12,13). The van der Waals surface area contributed by atoms with E-state index in [9.17, 15) is 13.2 Å². The number of nitrogens with one attached hydrogen (secondary N) is 2. The molecule has 90 valence electrons. The zero-order valence-corrected chi connectivity index (χ0v) is 10.0. The largest absolute Gasteiger partial charge is 0.464 e. The fourth-order valence-electron chi connectivity index (χ4n) is 1.31. The molecule has 1 heterocycles. The highest BCUT2D eigenvalue weighted by atomic mass is 32.2. The lowest BCUT2D eigenvalue weighted by molar-refractivity contribution is 0.201. The van der Waals surface area contributed by atoms with Crippen molar-refractivity contribution in [1.29, 1.82) is 0 Å². The summed E-state index contributed by atoms with van der Waals surface area (Å²) in [6.07, 6.45) is -1.63. The van der Waals surface area contributed by atoms with E-state index in [4.69, 9.17) is 5.11 Å². The van der Waals surface area contributed by atoms with Gasteiger partial charge in [-0.2, -0.15) is 8.42 Å². The molecular formula is C9H8N2O4S2. The maximum absolute atomic E-state index is 11.3. The van der Waals surface area contributed by atoms with Crippen molar-refractivity contribution >= 4 is 42.7 Å². The summed E-state index contributed by atoms with van der Waals surface area (Å²) in [5, 5.41) is 9.60. The molecule has 0 fully saturated rings. The van der Waals surface area contributed by atoms with Gasteiger partial charge < -0.3 is 5.11 Å². The Morgan fingerprint density at radius 3 is 2.65 bits per heavy atom. The highest BCUT2D eigenvalue weighted by molar-refractivity contribution is 7.91. The minimum atomic E-state index is -4.07. The second-order valence-corrected chi connectivity index (χ2v) is 5.66. The molecule has 0 atom stereocenters. The van der Waals surface area contributed by atoms with Crippen LogP contribution in [0.3, 0.4) is 0 Å². The van der Waals surface area contributed by atoms with Gasteiger partial charge in [-0.15, -0.1) is 11.3 Å². The Balaban J connectivity index is 2.27. The number of benzene rings is 1. The number of fused-ring (bicyclic) bond motifs is 1. The Labute approximate surface area is 101 Å². The van der Waals surface area contributed by atoms with Crippen molar-refractivity contribution in [2.75, 3.05) is 4.72 Å². The molecule has 6 nitrogen and oxygen atoms in total. The predicted octanol–water partition coefficient (Wildman–Crippen LogP) is 1.83. The molecule has 2 aromatic rings. The average Bonchev–Trinajstić information content (AvgIpc) is 2.55. The summed E-state index contributed by atoms with van der Waals surface area (Å²) in [7, 11) is -4.07. The zero-order valence-electron chi connectivity index (χ0n) is 8.38. The van der Waals surface area contributed by atoms with E-state index in [2.05, 4.69) is 4.72 Å². The summed E-state index contributed by atoms with van der Waals surface area (Å²) in [5.41, 5.74) is 0. The number of hydrogen-bond acceptors (Lipinski definition) is 4. The Morgan fingerprint density at radius 2 is 2.00 bits per heavy atom. The van der Waals surface area contributed by atoms with Gasteiger partial charge >= 0.3 is 16.3 Å². The highest BCUT2D eigenvalue weighted by Crippen LogP contribution is 2.29. The minimum Gasteiger partial charge on any atom is -0.464 e. The smallest absolute Gasteiger partial charge is 0.419 e. The number of thiophene rings is 1. The third-order valence-corrected chi connectivity index (χ3v) is 3.97. The van der Waals surface area contributed by atoms with Crippen LogP contribution in [0.2, 0.25) is 0 Å². The highest BCUT2D eigenvalue weighted by Gasteiger charge is 2.14. The maximum atomic E-state index is 11.3. The summed E-state index contributed by atoms with van der Waals surface area (Å²) in [6, 6.07) is 9.01. The number of anilines is 1. The third kappa shape index (κ3) is 2.86. The summed E-state index contributed by atoms with van der Waals surface area (Å²) >= 11 is 1.23. The van der Waals surface area contributed by atoms with Crippen LogP contribution < -0.4 is 9.44 Å². The molecule has 0 unspecified atom stereocenters. The Morgan fingerprint density at radius 1 is 1.29 bits per heavy atom. The number of carbonyl (C=O) groups is 1. The molecule has 2 rings (SSSR count). The molecular weight excluding hydrogens is 264 g/mol. The summed E-state index contributed by atoms with van der Waals surface area (Å²) in [4.78, 5) is 10.3. The molecule has 0 spiro atoms. The van der Waals surface area contributed by atoms with E-state index in [1.165, 1.54) is 16.1 Å². The maximum Gasteiger partial charge on any atom is 0.419 e. The monoisotopic (exact) mass is 272 g/mol. The van der Waals surface area contributed by atoms with Gasteiger partial charge in [-0.05, 0) is 17.5 Å². The first-order chi connectivity index (χ1) is 7.96. The molecule has 0 aliphatic rings. The molecule has 17 heavy (non-hydrogen) atoms. The van der Waals surface area contributed by atoms with E-state index in [-0.39, 0.29) is 0 Å². The van der Waals surface area contributed by atoms with Crippen LogP contribution in [0.4, 0.5) is 9.80 Å². The fraction of sp³-hybridized carbons (Fsp3) is 0. The minimum absolute atomic E-state index is 0.361. The van der Waals surface area contributed by atoms with Crippen LogP contribution in [0.15, 0.2) is 30.3 Å². The van der Waals surface area contributed by atoms with Crippen molar-refractivity contribution in [2.45, 2.75) is 0 Å². The van der Waals surface area contributed by atoms with Crippen molar-refractivity contribution in [3.05, 3.63) is 30.3 Å². The van der Waals surface area contributed by atoms with Gasteiger partial charge in [-0.25, -0.2) is 9.52 Å². The van der Waals surface area contributed by atoms with Crippen LogP contribution in [0, 0.1) is 0 Å². The van der Waals surface area contributed by atoms with Crippen molar-refractivity contribution < 1.29 is 18.3 Å². The van der Waals surface area contributed by atoms with Gasteiger partial charge in [0, 0.05) is 4.70 Å². The van der Waals surface area contributed by atoms with Crippen LogP contribution in [0.1, 0.15) is 0 Å². The first-order valence-electron chi connectivity index (χ1n) is 4.48. The number of hydrogen-bond donors (Lipinski definition) is 3. The normalized spacial score (nSPS) is 11.3. The van der Waals surface area contributed by atoms with Gasteiger partial charge in [0.25, 0.3) is 0 Å². The second kappa shape index (κ2) is 4.22. The lowest BCUT2D eigenvalue weighted by Crippen LogP contribution is -2.33. The molecule has 8 heteroatoms. The topological polar surface area (TPSA) is 95.5 Å². The third-order valence-electron chi connectivity index (χ3n) is 1.88. The number of amides is 1. The van der Waals surface area contributed by atoms with Gasteiger partial charge in [0.15, 0.2) is 0 Å². The van der Waals surface area contributed by atoms with E-state index >= 15 is 0 Å². The number of carboxylic acid groups (broad SMARTS) is 1. The van der Waals surface area contributed by atoms with Gasteiger partial charge in [-0.3, -0.25) is 4.72 Å². The van der Waals surface area contributed by atoms with E-state index in [1.54, 1.807) is 6.07 Å². The van der Waals surface area contributed by atoms with E-state index < -0.39 is 16.3 Å². The SMILES string of the molecule is O=C(O)NS(=O)(=O)Nc1cc2ccccc2s1. The average molecular weight is 272 g/mol. The van der Waals surface area contributed by atoms with E-state index in [0.29, 0.717) is 5.00 Å². The summed E-state index contributed by atoms with van der Waals surface area (Å²) in [6.45, 7) is 0. The predicted molar refractivity (Wildman–Crippen MR) is 65.5 cm³/mol. The molecule has 0 aliphatic carbocycles.